The standard InChI is InChI=1S/C48H33N3/c1-48(2)42-25-11-10-22-38(42)40-24-13-23-37(44(40)48)32-18-12-19-34(28-32)46-49-45(31-15-4-3-5-16-31)50-47(51-46)43-36-21-9-7-17-33(36)29-41-35-20-8-6-14-30(35)26-27-39(41)43/h3-29H,1-2H3. The van der Waals surface area contributed by atoms with Crippen LogP contribution in [-0.4, -0.2) is 15.0 Å². The Kier molecular flexibility index (Phi) is 6.53. The lowest BCUT2D eigenvalue weighted by atomic mass is 9.79. The van der Waals surface area contributed by atoms with Crippen molar-refractivity contribution in [3.8, 4) is 56.4 Å². The van der Waals surface area contributed by atoms with Crippen molar-refractivity contribution in [3.05, 3.63) is 175 Å². The summed E-state index contributed by atoms with van der Waals surface area (Å²) in [4.78, 5) is 15.7. The van der Waals surface area contributed by atoms with Gasteiger partial charge in [-0.2, -0.15) is 0 Å². The summed E-state index contributed by atoms with van der Waals surface area (Å²) in [5.41, 5.74) is 10.5. The van der Waals surface area contributed by atoms with Crippen molar-refractivity contribution >= 4 is 32.3 Å². The molecule has 51 heavy (non-hydrogen) atoms. The highest BCUT2D eigenvalue weighted by Crippen LogP contribution is 2.52. The predicted octanol–water partition coefficient (Wildman–Crippen LogP) is 12.3. The van der Waals surface area contributed by atoms with Crippen LogP contribution in [-0.2, 0) is 5.41 Å². The van der Waals surface area contributed by atoms with Gasteiger partial charge in [0, 0.05) is 22.1 Å². The van der Waals surface area contributed by atoms with Crippen LogP contribution in [0.5, 0.6) is 0 Å². The molecule has 0 aliphatic heterocycles. The van der Waals surface area contributed by atoms with Gasteiger partial charge in [-0.1, -0.05) is 166 Å². The highest BCUT2D eigenvalue weighted by molar-refractivity contribution is 6.19. The molecule has 240 valence electrons. The smallest absolute Gasteiger partial charge is 0.165 e. The number of hydrogen-bond acceptors (Lipinski definition) is 3. The van der Waals surface area contributed by atoms with E-state index in [0.717, 1.165) is 38.4 Å². The van der Waals surface area contributed by atoms with Crippen LogP contribution in [0.25, 0.3) is 88.7 Å². The number of rotatable bonds is 4. The van der Waals surface area contributed by atoms with E-state index in [9.17, 15) is 0 Å². The molecule has 0 radical (unpaired) electrons. The summed E-state index contributed by atoms with van der Waals surface area (Å²) in [5, 5.41) is 7.01. The second-order valence-electron chi connectivity index (χ2n) is 14.0. The van der Waals surface area contributed by atoms with E-state index < -0.39 is 0 Å². The van der Waals surface area contributed by atoms with E-state index in [0.29, 0.717) is 17.5 Å². The summed E-state index contributed by atoms with van der Waals surface area (Å²) in [6, 6.07) is 58.3. The molecule has 10 rings (SSSR count). The minimum Gasteiger partial charge on any atom is -0.208 e. The first-order chi connectivity index (χ1) is 25.0. The summed E-state index contributed by atoms with van der Waals surface area (Å²) in [6.07, 6.45) is 0. The lowest BCUT2D eigenvalue weighted by Gasteiger charge is -2.24. The van der Waals surface area contributed by atoms with Crippen LogP contribution in [0.4, 0.5) is 0 Å². The Balaban J connectivity index is 1.21. The van der Waals surface area contributed by atoms with Gasteiger partial charge >= 0.3 is 0 Å². The minimum absolute atomic E-state index is 0.126. The van der Waals surface area contributed by atoms with E-state index in [1.54, 1.807) is 0 Å². The zero-order valence-electron chi connectivity index (χ0n) is 28.4. The van der Waals surface area contributed by atoms with Crippen molar-refractivity contribution in [1.29, 1.82) is 0 Å². The number of fused-ring (bicyclic) bond motifs is 7. The van der Waals surface area contributed by atoms with Gasteiger partial charge in [0.1, 0.15) is 0 Å². The van der Waals surface area contributed by atoms with Gasteiger partial charge in [0.2, 0.25) is 0 Å². The third kappa shape index (κ3) is 4.62. The van der Waals surface area contributed by atoms with Crippen molar-refractivity contribution in [3.63, 3.8) is 0 Å². The van der Waals surface area contributed by atoms with Gasteiger partial charge in [0.15, 0.2) is 17.5 Å². The molecule has 0 spiro atoms. The van der Waals surface area contributed by atoms with Gasteiger partial charge in [-0.3, -0.25) is 0 Å². The number of aromatic nitrogens is 3. The molecule has 3 heteroatoms. The van der Waals surface area contributed by atoms with Crippen molar-refractivity contribution < 1.29 is 0 Å². The molecule has 1 heterocycles. The summed E-state index contributed by atoms with van der Waals surface area (Å²) >= 11 is 0. The third-order valence-electron chi connectivity index (χ3n) is 10.7. The maximum absolute atomic E-state index is 5.33. The Bertz CT molecular complexity index is 2830. The fourth-order valence-electron chi connectivity index (χ4n) is 8.31. The molecule has 0 N–H and O–H groups in total. The molecule has 0 saturated heterocycles. The summed E-state index contributed by atoms with van der Waals surface area (Å²) in [5.74, 6) is 1.97. The molecule has 0 saturated carbocycles. The van der Waals surface area contributed by atoms with E-state index in [2.05, 4.69) is 159 Å². The molecule has 8 aromatic carbocycles. The first kappa shape index (κ1) is 29.5. The van der Waals surface area contributed by atoms with Gasteiger partial charge in [-0.05, 0) is 77.8 Å². The quantitative estimate of drug-likeness (QED) is 0.140. The van der Waals surface area contributed by atoms with Crippen LogP contribution in [0, 0.1) is 0 Å². The van der Waals surface area contributed by atoms with Gasteiger partial charge < -0.3 is 0 Å². The Morgan fingerprint density at radius 1 is 0.373 bits per heavy atom. The van der Waals surface area contributed by atoms with E-state index in [4.69, 9.17) is 15.0 Å². The lowest BCUT2D eigenvalue weighted by molar-refractivity contribution is 0.662. The number of nitrogens with zero attached hydrogens (tertiary/aromatic N) is 3. The van der Waals surface area contributed by atoms with Gasteiger partial charge in [-0.15, -0.1) is 0 Å². The second kappa shape index (κ2) is 11.3. The average molecular weight is 652 g/mol. The molecule has 0 amide bonds. The first-order valence-electron chi connectivity index (χ1n) is 17.5. The molecule has 1 aliphatic rings. The highest BCUT2D eigenvalue weighted by Gasteiger charge is 2.37. The highest BCUT2D eigenvalue weighted by atomic mass is 15.0. The van der Waals surface area contributed by atoms with Crippen LogP contribution in [0.1, 0.15) is 25.0 Å². The van der Waals surface area contributed by atoms with Crippen LogP contribution in [0.3, 0.4) is 0 Å². The monoisotopic (exact) mass is 651 g/mol. The number of hydrogen-bond donors (Lipinski definition) is 0. The van der Waals surface area contributed by atoms with Gasteiger partial charge in [0.25, 0.3) is 0 Å². The van der Waals surface area contributed by atoms with Crippen LogP contribution >= 0.6 is 0 Å². The molecule has 0 bridgehead atoms. The SMILES string of the molecule is CC1(C)c2ccccc2-c2cccc(-c3cccc(-c4nc(-c5ccccc5)nc(-c5c6ccccc6cc6c5ccc5ccccc56)n4)c3)c21. The fraction of sp³-hybridized carbons (Fsp3) is 0.0625. The summed E-state index contributed by atoms with van der Waals surface area (Å²) in [7, 11) is 0. The zero-order valence-corrected chi connectivity index (χ0v) is 28.4. The van der Waals surface area contributed by atoms with Crippen LogP contribution in [0.2, 0.25) is 0 Å². The van der Waals surface area contributed by atoms with E-state index in [1.165, 1.54) is 44.0 Å². The average Bonchev–Trinajstić information content (AvgIpc) is 3.43. The van der Waals surface area contributed by atoms with E-state index >= 15 is 0 Å². The van der Waals surface area contributed by atoms with Crippen LogP contribution in [0.15, 0.2) is 164 Å². The van der Waals surface area contributed by atoms with Crippen molar-refractivity contribution in [2.75, 3.05) is 0 Å². The summed E-state index contributed by atoms with van der Waals surface area (Å²) in [6.45, 7) is 4.68. The molecule has 0 unspecified atom stereocenters. The Morgan fingerprint density at radius 3 is 1.84 bits per heavy atom. The topological polar surface area (TPSA) is 38.7 Å². The third-order valence-corrected chi connectivity index (χ3v) is 10.7. The van der Waals surface area contributed by atoms with Crippen LogP contribution < -0.4 is 0 Å². The van der Waals surface area contributed by atoms with Crippen molar-refractivity contribution in [2.24, 2.45) is 0 Å². The lowest BCUT2D eigenvalue weighted by Crippen LogP contribution is -2.16. The second-order valence-corrected chi connectivity index (χ2v) is 14.0. The Morgan fingerprint density at radius 2 is 0.980 bits per heavy atom. The normalized spacial score (nSPS) is 13.1. The molecule has 1 aromatic heterocycles. The van der Waals surface area contributed by atoms with Crippen molar-refractivity contribution in [2.45, 2.75) is 19.3 Å². The largest absolute Gasteiger partial charge is 0.208 e. The summed E-state index contributed by atoms with van der Waals surface area (Å²) < 4.78 is 0. The van der Waals surface area contributed by atoms with E-state index in [-0.39, 0.29) is 5.41 Å². The molecular weight excluding hydrogens is 619 g/mol. The van der Waals surface area contributed by atoms with Crippen molar-refractivity contribution in [1.82, 2.24) is 15.0 Å². The molecule has 1 aliphatic carbocycles. The first-order valence-corrected chi connectivity index (χ1v) is 17.5. The molecule has 9 aromatic rings. The molecule has 3 nitrogen and oxygen atoms in total. The molecule has 0 atom stereocenters. The Labute approximate surface area is 297 Å². The minimum atomic E-state index is -0.126. The molecule has 0 fully saturated rings. The predicted molar refractivity (Wildman–Crippen MR) is 212 cm³/mol. The maximum Gasteiger partial charge on any atom is 0.165 e. The Hall–Kier alpha value is -6.45. The maximum atomic E-state index is 5.33. The molecular formula is C48H33N3. The van der Waals surface area contributed by atoms with E-state index in [1.807, 2.05) is 18.2 Å². The van der Waals surface area contributed by atoms with Gasteiger partial charge in [0.05, 0.1) is 0 Å². The fourth-order valence-corrected chi connectivity index (χ4v) is 8.31. The van der Waals surface area contributed by atoms with Gasteiger partial charge in [-0.25, -0.2) is 15.0 Å². The zero-order chi connectivity index (χ0) is 34.1. The number of benzene rings is 8.